The Morgan fingerprint density at radius 3 is 2.85 bits per heavy atom. The van der Waals surface area contributed by atoms with Gasteiger partial charge in [-0.3, -0.25) is 4.79 Å². The first-order valence-electron chi connectivity index (χ1n) is 8.61. The second-order valence-corrected chi connectivity index (χ2v) is 6.84. The Morgan fingerprint density at radius 2 is 2.00 bits per heavy atom. The van der Waals surface area contributed by atoms with Crippen molar-refractivity contribution in [2.45, 2.75) is 32.2 Å². The molecule has 6 heteroatoms. The number of nitrogens with zero attached hydrogens (tertiary/aromatic N) is 3. The van der Waals surface area contributed by atoms with Gasteiger partial charge in [0.1, 0.15) is 0 Å². The summed E-state index contributed by atoms with van der Waals surface area (Å²) in [6.45, 7) is 2.07. The van der Waals surface area contributed by atoms with Gasteiger partial charge in [-0.25, -0.2) is 0 Å². The molecule has 4 rings (SSSR count). The Balaban J connectivity index is 1.45. The van der Waals surface area contributed by atoms with Crippen LogP contribution in [0.5, 0.6) is 0 Å². The first kappa shape index (κ1) is 16.8. The van der Waals surface area contributed by atoms with Crippen molar-refractivity contribution >= 4 is 23.2 Å². The molecular weight excluding hydrogens is 350 g/mol. The van der Waals surface area contributed by atoms with Crippen LogP contribution in [0, 0.1) is 0 Å². The first-order valence-corrected chi connectivity index (χ1v) is 8.98. The maximum atomic E-state index is 12.7. The van der Waals surface area contributed by atoms with Crippen molar-refractivity contribution in [1.82, 2.24) is 10.1 Å². The molecule has 5 nitrogen and oxygen atoms in total. The van der Waals surface area contributed by atoms with E-state index in [2.05, 4.69) is 23.1 Å². The number of carbonyl (C=O) groups excluding carboxylic acids is 1. The highest BCUT2D eigenvalue weighted by molar-refractivity contribution is 6.33. The number of aryl methyl sites for hydroxylation is 1. The van der Waals surface area contributed by atoms with E-state index in [1.807, 2.05) is 41.3 Å². The Labute approximate surface area is 156 Å². The van der Waals surface area contributed by atoms with Crippen LogP contribution in [-0.4, -0.2) is 22.1 Å². The van der Waals surface area contributed by atoms with Crippen LogP contribution in [0.1, 0.15) is 24.8 Å². The zero-order valence-corrected chi connectivity index (χ0v) is 15.1. The second-order valence-electron chi connectivity index (χ2n) is 6.44. The van der Waals surface area contributed by atoms with Gasteiger partial charge in [0.25, 0.3) is 0 Å². The molecule has 1 aliphatic heterocycles. The third kappa shape index (κ3) is 3.10. The van der Waals surface area contributed by atoms with E-state index in [0.29, 0.717) is 29.6 Å². The SMILES string of the molecule is CC1Cc2ccccc2N1C(=O)CCc1nc(-c2ccccc2Cl)no1. The summed E-state index contributed by atoms with van der Waals surface area (Å²) in [6, 6.07) is 15.5. The largest absolute Gasteiger partial charge is 0.339 e. The van der Waals surface area contributed by atoms with E-state index < -0.39 is 0 Å². The predicted molar refractivity (Wildman–Crippen MR) is 100 cm³/mol. The zero-order valence-electron chi connectivity index (χ0n) is 14.4. The number of rotatable bonds is 4. The number of aromatic nitrogens is 2. The monoisotopic (exact) mass is 367 g/mol. The minimum absolute atomic E-state index is 0.0694. The Kier molecular flexibility index (Phi) is 4.47. The lowest BCUT2D eigenvalue weighted by Crippen LogP contribution is -2.35. The van der Waals surface area contributed by atoms with Crippen molar-refractivity contribution in [3.63, 3.8) is 0 Å². The highest BCUT2D eigenvalue weighted by Crippen LogP contribution is 2.32. The summed E-state index contributed by atoms with van der Waals surface area (Å²) in [5.74, 6) is 0.950. The minimum atomic E-state index is 0.0694. The zero-order chi connectivity index (χ0) is 18.1. The predicted octanol–water partition coefficient (Wildman–Crippen LogP) is 4.30. The van der Waals surface area contributed by atoms with Crippen LogP contribution in [0.15, 0.2) is 53.1 Å². The standard InChI is InChI=1S/C20H18ClN3O2/c1-13-12-14-6-2-5-9-17(14)24(13)19(25)11-10-18-22-20(23-26-18)15-7-3-4-8-16(15)21/h2-9,13H,10-12H2,1H3. The van der Waals surface area contributed by atoms with Crippen LogP contribution < -0.4 is 4.90 Å². The smallest absolute Gasteiger partial charge is 0.227 e. The van der Waals surface area contributed by atoms with Gasteiger partial charge in [0.15, 0.2) is 0 Å². The maximum absolute atomic E-state index is 12.7. The van der Waals surface area contributed by atoms with Gasteiger partial charge in [-0.2, -0.15) is 4.98 Å². The number of hydrogen-bond donors (Lipinski definition) is 0. The number of carbonyl (C=O) groups is 1. The van der Waals surface area contributed by atoms with E-state index in [-0.39, 0.29) is 11.9 Å². The van der Waals surface area contributed by atoms with E-state index in [4.69, 9.17) is 16.1 Å². The summed E-state index contributed by atoms with van der Waals surface area (Å²) >= 11 is 6.16. The lowest BCUT2D eigenvalue weighted by atomic mass is 10.1. The summed E-state index contributed by atoms with van der Waals surface area (Å²) in [5.41, 5.74) is 2.94. The summed E-state index contributed by atoms with van der Waals surface area (Å²) in [4.78, 5) is 19.0. The fourth-order valence-electron chi connectivity index (χ4n) is 3.39. The molecule has 0 aliphatic carbocycles. The molecule has 2 aromatic carbocycles. The molecule has 0 bridgehead atoms. The Hall–Kier alpha value is -2.66. The molecule has 2 heterocycles. The fourth-order valence-corrected chi connectivity index (χ4v) is 3.61. The van der Waals surface area contributed by atoms with Crippen LogP contribution in [0.3, 0.4) is 0 Å². The quantitative estimate of drug-likeness (QED) is 0.689. The molecule has 0 N–H and O–H groups in total. The summed E-state index contributed by atoms with van der Waals surface area (Å²) in [6.07, 6.45) is 1.61. The summed E-state index contributed by atoms with van der Waals surface area (Å²) < 4.78 is 5.29. The van der Waals surface area contributed by atoms with E-state index in [9.17, 15) is 4.79 Å². The molecule has 0 fully saturated rings. The molecule has 132 valence electrons. The molecule has 1 atom stereocenters. The van der Waals surface area contributed by atoms with Gasteiger partial charge in [0, 0.05) is 30.1 Å². The van der Waals surface area contributed by atoms with Gasteiger partial charge in [-0.1, -0.05) is 47.1 Å². The van der Waals surface area contributed by atoms with Gasteiger partial charge in [-0.15, -0.1) is 0 Å². The second kappa shape index (κ2) is 6.92. The van der Waals surface area contributed by atoms with E-state index in [0.717, 1.165) is 17.7 Å². The number of amides is 1. The number of fused-ring (bicyclic) bond motifs is 1. The Morgan fingerprint density at radius 1 is 1.23 bits per heavy atom. The van der Waals surface area contributed by atoms with Gasteiger partial charge < -0.3 is 9.42 Å². The fraction of sp³-hybridized carbons (Fsp3) is 0.250. The van der Waals surface area contributed by atoms with E-state index in [1.54, 1.807) is 6.07 Å². The third-order valence-electron chi connectivity index (χ3n) is 4.61. The van der Waals surface area contributed by atoms with Crippen molar-refractivity contribution in [3.8, 4) is 11.4 Å². The molecular formula is C20H18ClN3O2. The van der Waals surface area contributed by atoms with E-state index >= 15 is 0 Å². The molecule has 0 saturated carbocycles. The number of halogens is 1. The normalized spacial score (nSPS) is 15.9. The molecule has 26 heavy (non-hydrogen) atoms. The highest BCUT2D eigenvalue weighted by atomic mass is 35.5. The average molecular weight is 368 g/mol. The molecule has 1 aliphatic rings. The lowest BCUT2D eigenvalue weighted by molar-refractivity contribution is -0.118. The van der Waals surface area contributed by atoms with Crippen molar-refractivity contribution in [2.24, 2.45) is 0 Å². The molecule has 1 aromatic heterocycles. The minimum Gasteiger partial charge on any atom is -0.339 e. The van der Waals surface area contributed by atoms with Crippen LogP contribution in [0.4, 0.5) is 5.69 Å². The van der Waals surface area contributed by atoms with E-state index in [1.165, 1.54) is 5.56 Å². The van der Waals surface area contributed by atoms with Gasteiger partial charge in [0.2, 0.25) is 17.6 Å². The number of anilines is 1. The van der Waals surface area contributed by atoms with Gasteiger partial charge >= 0.3 is 0 Å². The topological polar surface area (TPSA) is 59.2 Å². The molecule has 0 saturated heterocycles. The number of hydrogen-bond acceptors (Lipinski definition) is 4. The lowest BCUT2D eigenvalue weighted by Gasteiger charge is -2.22. The van der Waals surface area contributed by atoms with Gasteiger partial charge in [0.05, 0.1) is 5.02 Å². The first-order chi connectivity index (χ1) is 12.6. The molecule has 1 amide bonds. The highest BCUT2D eigenvalue weighted by Gasteiger charge is 2.30. The molecule has 3 aromatic rings. The summed E-state index contributed by atoms with van der Waals surface area (Å²) in [5, 5.41) is 4.55. The van der Waals surface area contributed by atoms with Crippen LogP contribution >= 0.6 is 11.6 Å². The van der Waals surface area contributed by atoms with Crippen molar-refractivity contribution in [1.29, 1.82) is 0 Å². The van der Waals surface area contributed by atoms with Crippen molar-refractivity contribution < 1.29 is 9.32 Å². The van der Waals surface area contributed by atoms with Crippen LogP contribution in [0.25, 0.3) is 11.4 Å². The molecule has 0 radical (unpaired) electrons. The summed E-state index contributed by atoms with van der Waals surface area (Å²) in [7, 11) is 0. The molecule has 0 spiro atoms. The number of benzene rings is 2. The van der Waals surface area contributed by atoms with Crippen LogP contribution in [-0.2, 0) is 17.6 Å². The maximum Gasteiger partial charge on any atom is 0.227 e. The van der Waals surface area contributed by atoms with Crippen LogP contribution in [0.2, 0.25) is 5.02 Å². The number of para-hydroxylation sites is 1. The Bertz CT molecular complexity index is 953. The third-order valence-corrected chi connectivity index (χ3v) is 4.94. The average Bonchev–Trinajstić information content (AvgIpc) is 3.23. The van der Waals surface area contributed by atoms with Crippen molar-refractivity contribution in [3.05, 3.63) is 65.0 Å². The van der Waals surface area contributed by atoms with Gasteiger partial charge in [-0.05, 0) is 37.1 Å². The molecule has 1 unspecified atom stereocenters. The van der Waals surface area contributed by atoms with Crippen molar-refractivity contribution in [2.75, 3.05) is 4.90 Å².